The quantitative estimate of drug-likeness (QED) is 0.855. The summed E-state index contributed by atoms with van der Waals surface area (Å²) in [7, 11) is 1.86. The summed E-state index contributed by atoms with van der Waals surface area (Å²) in [6.07, 6.45) is 4.99. The lowest BCUT2D eigenvalue weighted by Crippen LogP contribution is -2.31. The first-order valence-electron chi connectivity index (χ1n) is 7.59. The lowest BCUT2D eigenvalue weighted by atomic mass is 9.79. The number of halogens is 1. The molecule has 1 saturated carbocycles. The van der Waals surface area contributed by atoms with Gasteiger partial charge >= 0.3 is 6.01 Å². The van der Waals surface area contributed by atoms with Gasteiger partial charge in [-0.2, -0.15) is 0 Å². The molecule has 120 valence electrons. The van der Waals surface area contributed by atoms with E-state index in [2.05, 4.69) is 51.2 Å². The highest BCUT2D eigenvalue weighted by molar-refractivity contribution is 5.85. The van der Waals surface area contributed by atoms with Crippen LogP contribution in [-0.4, -0.2) is 23.8 Å². The predicted molar refractivity (Wildman–Crippen MR) is 89.4 cm³/mol. The molecule has 0 spiro atoms. The van der Waals surface area contributed by atoms with Gasteiger partial charge in [0.25, 0.3) is 0 Å². The van der Waals surface area contributed by atoms with Crippen LogP contribution in [0.3, 0.4) is 0 Å². The fourth-order valence-electron chi connectivity index (χ4n) is 3.20. The van der Waals surface area contributed by atoms with Crippen LogP contribution in [0.1, 0.15) is 37.1 Å². The second-order valence-corrected chi connectivity index (χ2v) is 5.74. The fourth-order valence-corrected chi connectivity index (χ4v) is 3.20. The predicted octanol–water partition coefficient (Wildman–Crippen LogP) is 3.13. The Labute approximate surface area is 137 Å². The lowest BCUT2D eigenvalue weighted by molar-refractivity contribution is 0.447. The molecule has 22 heavy (non-hydrogen) atoms. The van der Waals surface area contributed by atoms with Crippen LogP contribution in [0.5, 0.6) is 0 Å². The first kappa shape index (κ1) is 16.8. The highest BCUT2D eigenvalue weighted by atomic mass is 35.5. The van der Waals surface area contributed by atoms with Crippen LogP contribution >= 0.6 is 12.4 Å². The van der Waals surface area contributed by atoms with Crippen molar-refractivity contribution >= 4 is 18.4 Å². The summed E-state index contributed by atoms with van der Waals surface area (Å²) >= 11 is 0. The highest BCUT2D eigenvalue weighted by Gasteiger charge is 2.35. The molecule has 0 saturated heterocycles. The maximum atomic E-state index is 5.57. The number of nitrogens with zero attached hydrogens (tertiary/aromatic N) is 2. The monoisotopic (exact) mass is 322 g/mol. The van der Waals surface area contributed by atoms with Gasteiger partial charge in [0.1, 0.15) is 0 Å². The minimum atomic E-state index is 0. The maximum Gasteiger partial charge on any atom is 0.315 e. The van der Waals surface area contributed by atoms with Crippen LogP contribution in [0.2, 0.25) is 0 Å². The van der Waals surface area contributed by atoms with Gasteiger partial charge in [-0.3, -0.25) is 0 Å². The number of rotatable bonds is 6. The molecule has 0 amide bonds. The lowest BCUT2D eigenvalue weighted by Gasteiger charge is -2.29. The Morgan fingerprint density at radius 3 is 2.55 bits per heavy atom. The van der Waals surface area contributed by atoms with Crippen molar-refractivity contribution in [2.75, 3.05) is 18.9 Å². The second kappa shape index (κ2) is 7.61. The van der Waals surface area contributed by atoms with Gasteiger partial charge in [-0.05, 0) is 25.5 Å². The van der Waals surface area contributed by atoms with Gasteiger partial charge in [0, 0.05) is 12.0 Å². The molecular formula is C16H23ClN4O. The summed E-state index contributed by atoms with van der Waals surface area (Å²) in [4.78, 5) is 0. The number of hydrogen-bond donors (Lipinski definition) is 2. The van der Waals surface area contributed by atoms with Gasteiger partial charge in [-0.25, -0.2) is 0 Å². The zero-order valence-electron chi connectivity index (χ0n) is 12.8. The molecule has 1 aliphatic carbocycles. The molecule has 0 radical (unpaired) electrons. The molecule has 1 aromatic heterocycles. The van der Waals surface area contributed by atoms with E-state index in [1.54, 1.807) is 0 Å². The van der Waals surface area contributed by atoms with Crippen molar-refractivity contribution in [2.45, 2.75) is 37.6 Å². The minimum absolute atomic E-state index is 0. The van der Waals surface area contributed by atoms with E-state index in [0.29, 0.717) is 18.5 Å². The summed E-state index contributed by atoms with van der Waals surface area (Å²) < 4.78 is 5.57. The molecule has 1 aromatic carbocycles. The standard InChI is InChI=1S/C16H22N4O.ClH/c1-17-11-14-19-20-15(21-14)18-12-16(9-5-6-10-16)13-7-3-2-4-8-13;/h2-4,7-8,17H,5-6,9-12H2,1H3,(H,18,20);1H. The van der Waals surface area contributed by atoms with E-state index in [1.165, 1.54) is 31.2 Å². The van der Waals surface area contributed by atoms with Crippen LogP contribution in [0.25, 0.3) is 0 Å². The molecule has 2 aromatic rings. The first-order valence-corrected chi connectivity index (χ1v) is 7.59. The minimum Gasteiger partial charge on any atom is -0.407 e. The number of nitrogens with one attached hydrogen (secondary N) is 2. The van der Waals surface area contributed by atoms with Gasteiger partial charge in [0.15, 0.2) is 0 Å². The van der Waals surface area contributed by atoms with E-state index in [-0.39, 0.29) is 17.8 Å². The maximum absolute atomic E-state index is 5.57. The van der Waals surface area contributed by atoms with E-state index in [4.69, 9.17) is 4.42 Å². The molecule has 0 aliphatic heterocycles. The Bertz CT molecular complexity index is 567. The van der Waals surface area contributed by atoms with E-state index >= 15 is 0 Å². The van der Waals surface area contributed by atoms with Crippen molar-refractivity contribution in [1.29, 1.82) is 0 Å². The summed E-state index contributed by atoms with van der Waals surface area (Å²) in [6.45, 7) is 1.44. The topological polar surface area (TPSA) is 63.0 Å². The Kier molecular flexibility index (Phi) is 5.80. The summed E-state index contributed by atoms with van der Waals surface area (Å²) in [5.41, 5.74) is 1.60. The summed E-state index contributed by atoms with van der Waals surface area (Å²) in [5, 5.41) is 14.4. The molecule has 2 N–H and O–H groups in total. The second-order valence-electron chi connectivity index (χ2n) is 5.74. The van der Waals surface area contributed by atoms with E-state index in [0.717, 1.165) is 6.54 Å². The van der Waals surface area contributed by atoms with Crippen LogP contribution in [0.15, 0.2) is 34.7 Å². The molecule has 5 nitrogen and oxygen atoms in total. The van der Waals surface area contributed by atoms with Gasteiger partial charge in [0.2, 0.25) is 5.89 Å². The normalized spacial score (nSPS) is 16.2. The SMILES string of the molecule is CNCc1nnc(NCC2(c3ccccc3)CCCC2)o1.Cl. The molecule has 3 rings (SSSR count). The van der Waals surface area contributed by atoms with Gasteiger partial charge in [0.05, 0.1) is 6.54 Å². The van der Waals surface area contributed by atoms with E-state index < -0.39 is 0 Å². The van der Waals surface area contributed by atoms with E-state index in [1.807, 2.05) is 7.05 Å². The molecule has 1 heterocycles. The average Bonchev–Trinajstić information content (AvgIpc) is 3.17. The Morgan fingerprint density at radius 1 is 1.14 bits per heavy atom. The Morgan fingerprint density at radius 2 is 1.86 bits per heavy atom. The van der Waals surface area contributed by atoms with Crippen molar-refractivity contribution in [3.05, 3.63) is 41.8 Å². The third-order valence-electron chi connectivity index (χ3n) is 4.32. The first-order chi connectivity index (χ1) is 10.3. The van der Waals surface area contributed by atoms with Gasteiger partial charge in [-0.1, -0.05) is 48.3 Å². The zero-order valence-corrected chi connectivity index (χ0v) is 13.7. The highest BCUT2D eigenvalue weighted by Crippen LogP contribution is 2.41. The number of anilines is 1. The van der Waals surface area contributed by atoms with Crippen LogP contribution < -0.4 is 10.6 Å². The van der Waals surface area contributed by atoms with E-state index in [9.17, 15) is 0 Å². The van der Waals surface area contributed by atoms with Crippen LogP contribution in [0, 0.1) is 0 Å². The zero-order chi connectivity index (χ0) is 14.5. The molecular weight excluding hydrogens is 300 g/mol. The molecule has 0 unspecified atom stereocenters. The molecule has 1 fully saturated rings. The number of aromatic nitrogens is 2. The van der Waals surface area contributed by atoms with Gasteiger partial charge in [-0.15, -0.1) is 17.5 Å². The van der Waals surface area contributed by atoms with Crippen LogP contribution in [-0.2, 0) is 12.0 Å². The summed E-state index contributed by atoms with van der Waals surface area (Å²) in [5.74, 6) is 0.611. The largest absolute Gasteiger partial charge is 0.407 e. The molecule has 1 aliphatic rings. The van der Waals surface area contributed by atoms with Gasteiger partial charge < -0.3 is 15.1 Å². The van der Waals surface area contributed by atoms with Crippen molar-refractivity contribution in [2.24, 2.45) is 0 Å². The smallest absolute Gasteiger partial charge is 0.315 e. The Balaban J connectivity index is 0.00000176. The number of benzene rings is 1. The third kappa shape index (κ3) is 3.59. The Hall–Kier alpha value is -1.59. The van der Waals surface area contributed by atoms with Crippen LogP contribution in [0.4, 0.5) is 6.01 Å². The summed E-state index contributed by atoms with van der Waals surface area (Å²) in [6, 6.07) is 11.3. The van der Waals surface area contributed by atoms with Crippen molar-refractivity contribution < 1.29 is 4.42 Å². The molecule has 0 bridgehead atoms. The molecule has 0 atom stereocenters. The average molecular weight is 323 g/mol. The van der Waals surface area contributed by atoms with Crippen molar-refractivity contribution in [3.8, 4) is 0 Å². The number of hydrogen-bond acceptors (Lipinski definition) is 5. The van der Waals surface area contributed by atoms with Crippen molar-refractivity contribution in [3.63, 3.8) is 0 Å². The fraction of sp³-hybridized carbons (Fsp3) is 0.500. The third-order valence-corrected chi connectivity index (χ3v) is 4.32. The molecule has 6 heteroatoms. The van der Waals surface area contributed by atoms with Crippen molar-refractivity contribution in [1.82, 2.24) is 15.5 Å².